The standard InChI is InChI=1S/C14H17NO2/c1-17-9-7-12(16)10-11-6-8-15-14-5-3-2-4-13(11)14/h2-6,8,12,16H,7,9-10H2,1H3. The van der Waals surface area contributed by atoms with Gasteiger partial charge in [0.15, 0.2) is 0 Å². The molecular weight excluding hydrogens is 214 g/mol. The van der Waals surface area contributed by atoms with Gasteiger partial charge in [-0.15, -0.1) is 0 Å². The Bertz CT molecular complexity index is 479. The third kappa shape index (κ3) is 3.02. The van der Waals surface area contributed by atoms with E-state index in [1.165, 1.54) is 0 Å². The molecule has 0 amide bonds. The average Bonchev–Trinajstić information content (AvgIpc) is 2.37. The molecule has 3 heteroatoms. The highest BCUT2D eigenvalue weighted by molar-refractivity contribution is 5.81. The predicted molar refractivity (Wildman–Crippen MR) is 67.9 cm³/mol. The second kappa shape index (κ2) is 5.75. The van der Waals surface area contributed by atoms with Gasteiger partial charge in [-0.05, 0) is 30.5 Å². The molecule has 0 spiro atoms. The van der Waals surface area contributed by atoms with Crippen molar-refractivity contribution >= 4 is 10.9 Å². The first-order valence-corrected chi connectivity index (χ1v) is 5.81. The van der Waals surface area contributed by atoms with Crippen molar-refractivity contribution in [3.8, 4) is 0 Å². The molecule has 0 aliphatic carbocycles. The zero-order chi connectivity index (χ0) is 12.1. The molecule has 0 aliphatic heterocycles. The van der Waals surface area contributed by atoms with Gasteiger partial charge in [0.2, 0.25) is 0 Å². The lowest BCUT2D eigenvalue weighted by atomic mass is 10.0. The van der Waals surface area contributed by atoms with E-state index in [4.69, 9.17) is 4.74 Å². The summed E-state index contributed by atoms with van der Waals surface area (Å²) in [6, 6.07) is 9.97. The minimum absolute atomic E-state index is 0.360. The van der Waals surface area contributed by atoms with E-state index in [2.05, 4.69) is 4.98 Å². The summed E-state index contributed by atoms with van der Waals surface area (Å²) in [5.41, 5.74) is 2.11. The van der Waals surface area contributed by atoms with Crippen LogP contribution in [-0.4, -0.2) is 29.9 Å². The molecule has 2 rings (SSSR count). The first-order chi connectivity index (χ1) is 8.31. The molecule has 1 atom stereocenters. The van der Waals surface area contributed by atoms with Gasteiger partial charge in [0, 0.05) is 25.3 Å². The maximum atomic E-state index is 9.89. The van der Waals surface area contributed by atoms with Gasteiger partial charge in [0.25, 0.3) is 0 Å². The minimum Gasteiger partial charge on any atom is -0.393 e. The first kappa shape index (κ1) is 12.0. The van der Waals surface area contributed by atoms with E-state index < -0.39 is 0 Å². The maximum absolute atomic E-state index is 9.89. The van der Waals surface area contributed by atoms with E-state index in [0.29, 0.717) is 19.4 Å². The number of fused-ring (bicyclic) bond motifs is 1. The SMILES string of the molecule is COCCC(O)Cc1ccnc2ccccc12. The molecule has 0 saturated heterocycles. The lowest BCUT2D eigenvalue weighted by Crippen LogP contribution is -2.13. The summed E-state index contributed by atoms with van der Waals surface area (Å²) in [5.74, 6) is 0. The van der Waals surface area contributed by atoms with Gasteiger partial charge in [-0.25, -0.2) is 0 Å². The van der Waals surface area contributed by atoms with Gasteiger partial charge in [-0.1, -0.05) is 18.2 Å². The van der Waals surface area contributed by atoms with Gasteiger partial charge >= 0.3 is 0 Å². The van der Waals surface area contributed by atoms with Gasteiger partial charge in [0.1, 0.15) is 0 Å². The van der Waals surface area contributed by atoms with Crippen LogP contribution in [-0.2, 0) is 11.2 Å². The van der Waals surface area contributed by atoms with Crippen molar-refractivity contribution in [1.82, 2.24) is 4.98 Å². The Balaban J connectivity index is 2.18. The third-order valence-electron chi connectivity index (χ3n) is 2.85. The number of benzene rings is 1. The number of methoxy groups -OCH3 is 1. The molecule has 0 fully saturated rings. The number of aliphatic hydroxyl groups excluding tert-OH is 1. The van der Waals surface area contributed by atoms with Crippen molar-refractivity contribution in [3.63, 3.8) is 0 Å². The maximum Gasteiger partial charge on any atom is 0.0704 e. The highest BCUT2D eigenvalue weighted by Gasteiger charge is 2.08. The van der Waals surface area contributed by atoms with Crippen LogP contribution in [0.15, 0.2) is 36.5 Å². The Labute approximate surface area is 101 Å². The van der Waals surface area contributed by atoms with Crippen LogP contribution < -0.4 is 0 Å². The monoisotopic (exact) mass is 231 g/mol. The molecule has 0 saturated carbocycles. The molecule has 3 nitrogen and oxygen atoms in total. The molecule has 1 unspecified atom stereocenters. The lowest BCUT2D eigenvalue weighted by Gasteiger charge is -2.11. The largest absolute Gasteiger partial charge is 0.393 e. The third-order valence-corrected chi connectivity index (χ3v) is 2.85. The van der Waals surface area contributed by atoms with Crippen molar-refractivity contribution in [1.29, 1.82) is 0 Å². The molecule has 1 aromatic carbocycles. The molecule has 0 bridgehead atoms. The zero-order valence-corrected chi connectivity index (χ0v) is 9.97. The molecule has 0 radical (unpaired) electrons. The topological polar surface area (TPSA) is 42.4 Å². The molecule has 0 aliphatic rings. The summed E-state index contributed by atoms with van der Waals surface area (Å²) < 4.78 is 4.97. The number of rotatable bonds is 5. The number of hydrogen-bond acceptors (Lipinski definition) is 3. The normalized spacial score (nSPS) is 12.8. The molecular formula is C14H17NO2. The Morgan fingerprint density at radius 2 is 2.12 bits per heavy atom. The molecule has 1 aromatic heterocycles. The van der Waals surface area contributed by atoms with Crippen molar-refractivity contribution in [3.05, 3.63) is 42.1 Å². The lowest BCUT2D eigenvalue weighted by molar-refractivity contribution is 0.110. The fourth-order valence-corrected chi connectivity index (χ4v) is 1.94. The van der Waals surface area contributed by atoms with E-state index in [9.17, 15) is 5.11 Å². The number of aromatic nitrogens is 1. The van der Waals surface area contributed by atoms with Crippen LogP contribution in [0.25, 0.3) is 10.9 Å². The quantitative estimate of drug-likeness (QED) is 0.857. The van der Waals surface area contributed by atoms with E-state index in [-0.39, 0.29) is 6.10 Å². The average molecular weight is 231 g/mol. The number of pyridine rings is 1. The summed E-state index contributed by atoms with van der Waals surface area (Å²) in [4.78, 5) is 4.30. The van der Waals surface area contributed by atoms with Gasteiger partial charge in [-0.2, -0.15) is 0 Å². The number of ether oxygens (including phenoxy) is 1. The molecule has 17 heavy (non-hydrogen) atoms. The van der Waals surface area contributed by atoms with E-state index in [1.807, 2.05) is 30.3 Å². The molecule has 90 valence electrons. The second-order valence-electron chi connectivity index (χ2n) is 4.13. The summed E-state index contributed by atoms with van der Waals surface area (Å²) >= 11 is 0. The summed E-state index contributed by atoms with van der Waals surface area (Å²) in [6.45, 7) is 0.587. The number of nitrogens with zero attached hydrogens (tertiary/aromatic N) is 1. The van der Waals surface area contributed by atoms with E-state index in [1.54, 1.807) is 13.3 Å². The van der Waals surface area contributed by atoms with Crippen molar-refractivity contribution < 1.29 is 9.84 Å². The first-order valence-electron chi connectivity index (χ1n) is 5.81. The van der Waals surface area contributed by atoms with Gasteiger partial charge in [-0.3, -0.25) is 4.98 Å². The number of para-hydroxylation sites is 1. The van der Waals surface area contributed by atoms with Crippen LogP contribution in [0.3, 0.4) is 0 Å². The predicted octanol–water partition coefficient (Wildman–Crippen LogP) is 2.17. The summed E-state index contributed by atoms with van der Waals surface area (Å²) in [6.07, 6.45) is 2.74. The van der Waals surface area contributed by atoms with Crippen LogP contribution in [0.4, 0.5) is 0 Å². The minimum atomic E-state index is -0.360. The van der Waals surface area contributed by atoms with Crippen LogP contribution in [0.2, 0.25) is 0 Å². The Morgan fingerprint density at radius 1 is 1.29 bits per heavy atom. The van der Waals surface area contributed by atoms with Crippen molar-refractivity contribution in [2.75, 3.05) is 13.7 Å². The Kier molecular flexibility index (Phi) is 4.07. The van der Waals surface area contributed by atoms with E-state index in [0.717, 1.165) is 16.5 Å². The molecule has 1 heterocycles. The fraction of sp³-hybridized carbons (Fsp3) is 0.357. The van der Waals surface area contributed by atoms with Crippen LogP contribution >= 0.6 is 0 Å². The highest BCUT2D eigenvalue weighted by atomic mass is 16.5. The van der Waals surface area contributed by atoms with Gasteiger partial charge in [0.05, 0.1) is 11.6 Å². The molecule has 2 aromatic rings. The summed E-state index contributed by atoms with van der Waals surface area (Å²) in [7, 11) is 1.65. The van der Waals surface area contributed by atoms with Crippen LogP contribution in [0.5, 0.6) is 0 Å². The Hall–Kier alpha value is -1.45. The van der Waals surface area contributed by atoms with Crippen molar-refractivity contribution in [2.45, 2.75) is 18.9 Å². The van der Waals surface area contributed by atoms with E-state index >= 15 is 0 Å². The number of hydrogen-bond donors (Lipinski definition) is 1. The summed E-state index contributed by atoms with van der Waals surface area (Å²) in [5, 5.41) is 11.0. The van der Waals surface area contributed by atoms with Crippen molar-refractivity contribution in [2.24, 2.45) is 0 Å². The molecule has 1 N–H and O–H groups in total. The van der Waals surface area contributed by atoms with Gasteiger partial charge < -0.3 is 9.84 Å². The second-order valence-corrected chi connectivity index (χ2v) is 4.13. The highest BCUT2D eigenvalue weighted by Crippen LogP contribution is 2.18. The van der Waals surface area contributed by atoms with Crippen LogP contribution in [0, 0.1) is 0 Å². The smallest absolute Gasteiger partial charge is 0.0704 e. The Morgan fingerprint density at radius 3 is 2.94 bits per heavy atom. The number of aliphatic hydroxyl groups is 1. The zero-order valence-electron chi connectivity index (χ0n) is 9.97. The van der Waals surface area contributed by atoms with Crippen LogP contribution in [0.1, 0.15) is 12.0 Å². The fourth-order valence-electron chi connectivity index (χ4n) is 1.94.